The van der Waals surface area contributed by atoms with Gasteiger partial charge in [0.15, 0.2) is 0 Å². The van der Waals surface area contributed by atoms with Crippen LogP contribution in [0.5, 0.6) is 0 Å². The molecule has 13 heavy (non-hydrogen) atoms. The first-order chi connectivity index (χ1) is 6.40. The molecule has 72 valence electrons. The molecule has 0 N–H and O–H groups in total. The first-order valence-electron chi connectivity index (χ1n) is 5.54. The van der Waals surface area contributed by atoms with Gasteiger partial charge in [0, 0.05) is 5.92 Å². The van der Waals surface area contributed by atoms with E-state index in [0.29, 0.717) is 11.8 Å². The number of hydrogen-bond acceptors (Lipinski definition) is 1. The van der Waals surface area contributed by atoms with Crippen molar-refractivity contribution in [3.05, 3.63) is 12.2 Å². The van der Waals surface area contributed by atoms with Gasteiger partial charge in [0.25, 0.3) is 0 Å². The van der Waals surface area contributed by atoms with Crippen LogP contribution in [-0.2, 0) is 4.79 Å². The molecule has 2 fully saturated rings. The third-order valence-corrected chi connectivity index (χ3v) is 3.30. The van der Waals surface area contributed by atoms with E-state index in [4.69, 9.17) is 0 Å². The summed E-state index contributed by atoms with van der Waals surface area (Å²) in [5.74, 6) is 1.74. The lowest BCUT2D eigenvalue weighted by atomic mass is 9.80. The van der Waals surface area contributed by atoms with E-state index in [2.05, 4.69) is 12.2 Å². The highest BCUT2D eigenvalue weighted by atomic mass is 16.1. The number of rotatable bonds is 3. The highest BCUT2D eigenvalue weighted by molar-refractivity contribution is 5.54. The highest BCUT2D eigenvalue weighted by Gasteiger charge is 2.24. The number of carbonyl (C=O) groups excluding carboxylic acids is 1. The Morgan fingerprint density at radius 2 is 1.54 bits per heavy atom. The molecule has 1 nitrogen and oxygen atoms in total. The predicted molar refractivity (Wildman–Crippen MR) is 53.4 cm³/mol. The fourth-order valence-electron chi connectivity index (χ4n) is 2.18. The summed E-state index contributed by atoms with van der Waals surface area (Å²) < 4.78 is 0. The van der Waals surface area contributed by atoms with Crippen molar-refractivity contribution in [3.63, 3.8) is 0 Å². The van der Waals surface area contributed by atoms with Crippen molar-refractivity contribution in [3.8, 4) is 0 Å². The summed E-state index contributed by atoms with van der Waals surface area (Å²) in [5.41, 5.74) is 0. The number of aldehydes is 1. The van der Waals surface area contributed by atoms with Crippen molar-refractivity contribution in [1.82, 2.24) is 0 Å². The smallest absolute Gasteiger partial charge is 0.123 e. The number of hydrogen-bond donors (Lipinski definition) is 0. The van der Waals surface area contributed by atoms with Crippen molar-refractivity contribution in [2.24, 2.45) is 17.8 Å². The molecule has 2 unspecified atom stereocenters. The van der Waals surface area contributed by atoms with Crippen molar-refractivity contribution in [1.29, 1.82) is 0 Å². The van der Waals surface area contributed by atoms with E-state index in [-0.39, 0.29) is 0 Å². The number of allylic oxidation sites excluding steroid dienone is 2. The minimum Gasteiger partial charge on any atom is -0.303 e. The van der Waals surface area contributed by atoms with Crippen molar-refractivity contribution in [2.75, 3.05) is 0 Å². The second kappa shape index (κ2) is 4.08. The molecule has 2 aliphatic carbocycles. The van der Waals surface area contributed by atoms with Crippen LogP contribution < -0.4 is 0 Å². The topological polar surface area (TPSA) is 17.1 Å². The van der Waals surface area contributed by atoms with Gasteiger partial charge in [-0.2, -0.15) is 0 Å². The Balaban J connectivity index is 1.89. The maximum absolute atomic E-state index is 10.8. The lowest BCUT2D eigenvalue weighted by Gasteiger charge is -2.24. The van der Waals surface area contributed by atoms with E-state index in [1.54, 1.807) is 0 Å². The van der Waals surface area contributed by atoms with Crippen LogP contribution in [0.25, 0.3) is 0 Å². The first-order valence-corrected chi connectivity index (χ1v) is 5.54. The third kappa shape index (κ3) is 2.43. The second-order valence-corrected chi connectivity index (χ2v) is 4.47. The Kier molecular flexibility index (Phi) is 2.82. The maximum Gasteiger partial charge on any atom is 0.123 e. The van der Waals surface area contributed by atoms with Gasteiger partial charge in [-0.15, -0.1) is 0 Å². The van der Waals surface area contributed by atoms with Crippen molar-refractivity contribution >= 4 is 6.29 Å². The lowest BCUT2D eigenvalue weighted by Crippen LogP contribution is -2.18. The van der Waals surface area contributed by atoms with Gasteiger partial charge in [-0.3, -0.25) is 0 Å². The molecule has 0 spiro atoms. The summed E-state index contributed by atoms with van der Waals surface area (Å²) in [6, 6.07) is 0. The minimum atomic E-state index is 0.323. The molecule has 2 atom stereocenters. The molecule has 0 aliphatic heterocycles. The zero-order valence-corrected chi connectivity index (χ0v) is 8.11. The molecule has 0 aromatic carbocycles. The van der Waals surface area contributed by atoms with Gasteiger partial charge in [0.2, 0.25) is 0 Å². The van der Waals surface area contributed by atoms with Crippen LogP contribution in [0.15, 0.2) is 12.2 Å². The summed E-state index contributed by atoms with van der Waals surface area (Å²) in [4.78, 5) is 10.8. The quantitative estimate of drug-likeness (QED) is 0.479. The summed E-state index contributed by atoms with van der Waals surface area (Å²) in [7, 11) is 0. The van der Waals surface area contributed by atoms with Gasteiger partial charge in [0.1, 0.15) is 6.29 Å². The lowest BCUT2D eigenvalue weighted by molar-refractivity contribution is -0.112. The molecule has 2 rings (SSSR count). The predicted octanol–water partition coefficient (Wildman–Crippen LogP) is 2.96. The summed E-state index contributed by atoms with van der Waals surface area (Å²) in [6.45, 7) is 0. The standard InChI is InChI=1S/C12H18O/c13-9-12-4-2-1-3-11(12)8-7-10-5-6-10/h7-12H,1-6H2/b8-7+. The Hall–Kier alpha value is -0.590. The molecule has 0 saturated heterocycles. The van der Waals surface area contributed by atoms with Crippen LogP contribution in [0.2, 0.25) is 0 Å². The largest absolute Gasteiger partial charge is 0.303 e. The van der Waals surface area contributed by atoms with Crippen LogP contribution >= 0.6 is 0 Å². The molecule has 1 heteroatoms. The van der Waals surface area contributed by atoms with Gasteiger partial charge in [-0.05, 0) is 37.5 Å². The van der Waals surface area contributed by atoms with Gasteiger partial charge in [-0.1, -0.05) is 25.0 Å². The fraction of sp³-hybridized carbons (Fsp3) is 0.750. The normalized spacial score (nSPS) is 35.1. The molecule has 0 aromatic heterocycles. The Morgan fingerprint density at radius 1 is 0.846 bits per heavy atom. The first kappa shape index (κ1) is 8.98. The zero-order chi connectivity index (χ0) is 9.10. The number of carbonyl (C=O) groups is 1. The zero-order valence-electron chi connectivity index (χ0n) is 8.11. The van der Waals surface area contributed by atoms with Crippen LogP contribution in [0, 0.1) is 17.8 Å². The molecular weight excluding hydrogens is 160 g/mol. The van der Waals surface area contributed by atoms with E-state index < -0.39 is 0 Å². The molecule has 0 amide bonds. The van der Waals surface area contributed by atoms with E-state index in [9.17, 15) is 4.79 Å². The average Bonchev–Trinajstić information content (AvgIpc) is 2.99. The molecule has 2 saturated carbocycles. The Labute approximate surface area is 80.2 Å². The van der Waals surface area contributed by atoms with Gasteiger partial charge >= 0.3 is 0 Å². The molecular formula is C12H18O. The van der Waals surface area contributed by atoms with Crippen molar-refractivity contribution in [2.45, 2.75) is 38.5 Å². The summed E-state index contributed by atoms with van der Waals surface area (Å²) in [6.07, 6.45) is 13.5. The van der Waals surface area contributed by atoms with E-state index in [1.807, 2.05) is 0 Å². The molecule has 0 aromatic rings. The SMILES string of the molecule is O=CC1CCCCC1/C=C/C1CC1. The van der Waals surface area contributed by atoms with Gasteiger partial charge < -0.3 is 4.79 Å². The summed E-state index contributed by atoms with van der Waals surface area (Å²) in [5, 5.41) is 0. The van der Waals surface area contributed by atoms with Crippen molar-refractivity contribution < 1.29 is 4.79 Å². The minimum absolute atomic E-state index is 0.323. The third-order valence-electron chi connectivity index (χ3n) is 3.30. The molecule has 0 heterocycles. The molecule has 0 radical (unpaired) electrons. The van der Waals surface area contributed by atoms with E-state index in [0.717, 1.165) is 12.3 Å². The van der Waals surface area contributed by atoms with Crippen LogP contribution in [-0.4, -0.2) is 6.29 Å². The molecule has 2 aliphatic rings. The van der Waals surface area contributed by atoms with E-state index >= 15 is 0 Å². The van der Waals surface area contributed by atoms with Crippen LogP contribution in [0.1, 0.15) is 38.5 Å². The fourth-order valence-corrected chi connectivity index (χ4v) is 2.18. The van der Waals surface area contributed by atoms with Gasteiger partial charge in [0.05, 0.1) is 0 Å². The highest BCUT2D eigenvalue weighted by Crippen LogP contribution is 2.34. The monoisotopic (exact) mass is 178 g/mol. The molecule has 0 bridgehead atoms. The second-order valence-electron chi connectivity index (χ2n) is 4.47. The summed E-state index contributed by atoms with van der Waals surface area (Å²) >= 11 is 0. The Bertz CT molecular complexity index is 203. The van der Waals surface area contributed by atoms with E-state index in [1.165, 1.54) is 38.4 Å². The van der Waals surface area contributed by atoms with Gasteiger partial charge in [-0.25, -0.2) is 0 Å². The average molecular weight is 178 g/mol. The van der Waals surface area contributed by atoms with Crippen LogP contribution in [0.4, 0.5) is 0 Å². The Morgan fingerprint density at radius 3 is 2.15 bits per heavy atom. The maximum atomic E-state index is 10.8. The van der Waals surface area contributed by atoms with Crippen LogP contribution in [0.3, 0.4) is 0 Å².